The maximum Gasteiger partial charge on any atom is 0.159 e. The average molecular weight is 756 g/mol. The van der Waals surface area contributed by atoms with Gasteiger partial charge >= 0.3 is 0 Å². The highest BCUT2D eigenvalue weighted by Gasteiger charge is 2.37. The lowest BCUT2D eigenvalue weighted by Gasteiger charge is -2.32. The van der Waals surface area contributed by atoms with E-state index in [9.17, 15) is 0 Å². The van der Waals surface area contributed by atoms with Crippen LogP contribution in [-0.2, 0) is 5.41 Å². The number of hydrogen-bond acceptors (Lipinski definition) is 2. The fraction of sp³-hybridized carbons (Fsp3) is 0.0526. The molecule has 280 valence electrons. The Balaban J connectivity index is 1.27. The van der Waals surface area contributed by atoms with Gasteiger partial charge in [0.25, 0.3) is 0 Å². The highest BCUT2D eigenvalue weighted by Crippen LogP contribution is 2.55. The van der Waals surface area contributed by atoms with Gasteiger partial charge in [0.2, 0.25) is 0 Å². The average Bonchev–Trinajstić information content (AvgIpc) is 3.80. The summed E-state index contributed by atoms with van der Waals surface area (Å²) in [6.45, 7) is 4.71. The van der Waals surface area contributed by atoms with Crippen molar-refractivity contribution in [3.8, 4) is 55.6 Å². The minimum atomic E-state index is -0.130. The molecule has 2 nitrogen and oxygen atoms in total. The Morgan fingerprint density at radius 2 is 0.847 bits per heavy atom. The molecule has 0 saturated carbocycles. The molecule has 0 N–H and O–H groups in total. The van der Waals surface area contributed by atoms with Crippen molar-refractivity contribution in [3.05, 3.63) is 223 Å². The third-order valence-corrected chi connectivity index (χ3v) is 12.3. The number of nitrogens with zero attached hydrogens (tertiary/aromatic N) is 1. The van der Waals surface area contributed by atoms with Crippen LogP contribution in [-0.4, -0.2) is 0 Å². The first-order valence-corrected chi connectivity index (χ1v) is 20.4. The van der Waals surface area contributed by atoms with E-state index in [1.54, 1.807) is 0 Å². The van der Waals surface area contributed by atoms with E-state index in [0.717, 1.165) is 66.8 Å². The Labute approximate surface area is 345 Å². The van der Waals surface area contributed by atoms with Crippen LogP contribution in [0, 0.1) is 0 Å². The predicted octanol–water partition coefficient (Wildman–Crippen LogP) is 16.0. The van der Waals surface area contributed by atoms with E-state index in [2.05, 4.69) is 231 Å². The summed E-state index contributed by atoms with van der Waals surface area (Å²) in [7, 11) is 0. The van der Waals surface area contributed by atoms with Crippen molar-refractivity contribution in [1.29, 1.82) is 0 Å². The van der Waals surface area contributed by atoms with E-state index in [0.29, 0.717) is 0 Å². The van der Waals surface area contributed by atoms with Gasteiger partial charge in [-0.3, -0.25) is 0 Å². The third-order valence-electron chi connectivity index (χ3n) is 12.3. The Morgan fingerprint density at radius 1 is 0.339 bits per heavy atom. The normalized spacial score (nSPS) is 12.7. The number of rotatable bonds is 7. The minimum absolute atomic E-state index is 0.130. The van der Waals surface area contributed by atoms with Gasteiger partial charge in [-0.15, -0.1) is 0 Å². The summed E-state index contributed by atoms with van der Waals surface area (Å²) in [5.41, 5.74) is 19.3. The zero-order chi connectivity index (χ0) is 39.5. The molecule has 59 heavy (non-hydrogen) atoms. The van der Waals surface area contributed by atoms with E-state index in [4.69, 9.17) is 4.42 Å². The molecule has 1 aliphatic carbocycles. The lowest BCUT2D eigenvalue weighted by atomic mass is 9.82. The van der Waals surface area contributed by atoms with Crippen molar-refractivity contribution >= 4 is 39.0 Å². The summed E-state index contributed by atoms with van der Waals surface area (Å²) in [5, 5.41) is 2.19. The molecule has 0 fully saturated rings. The lowest BCUT2D eigenvalue weighted by molar-refractivity contribution is 0.660. The van der Waals surface area contributed by atoms with Crippen molar-refractivity contribution in [2.45, 2.75) is 19.3 Å². The molecule has 1 heterocycles. The van der Waals surface area contributed by atoms with E-state index in [-0.39, 0.29) is 5.41 Å². The Bertz CT molecular complexity index is 3190. The standard InChI is InChI=1S/C57H41NO/c1-57(2)48-32-14-11-28-47(48)54-45(30-17-33-49(54)57)42-25-12-15-34-50(42)58(52-36-19-31-46-43-26-13-16-37-53(43)59-56(46)52)51-35-18-29-41(39-22-7-4-8-23-39)55(51)44-27-10-9-24-40(44)38-20-5-3-6-21-38/h3-37H,1-2H3. The molecule has 1 aliphatic rings. The van der Waals surface area contributed by atoms with E-state index in [1.165, 1.54) is 38.9 Å². The highest BCUT2D eigenvalue weighted by atomic mass is 16.3. The van der Waals surface area contributed by atoms with Crippen LogP contribution < -0.4 is 4.90 Å². The fourth-order valence-electron chi connectivity index (χ4n) is 9.61. The van der Waals surface area contributed by atoms with Gasteiger partial charge in [-0.1, -0.05) is 202 Å². The van der Waals surface area contributed by atoms with Gasteiger partial charge in [-0.25, -0.2) is 0 Å². The molecule has 0 spiro atoms. The number of para-hydroxylation sites is 3. The summed E-state index contributed by atoms with van der Waals surface area (Å²) in [5.74, 6) is 0. The first-order valence-electron chi connectivity index (χ1n) is 20.4. The summed E-state index contributed by atoms with van der Waals surface area (Å²) in [6.07, 6.45) is 0. The van der Waals surface area contributed by atoms with Gasteiger partial charge in [-0.2, -0.15) is 0 Å². The predicted molar refractivity (Wildman–Crippen MR) is 248 cm³/mol. The number of benzene rings is 9. The van der Waals surface area contributed by atoms with Crippen molar-refractivity contribution in [3.63, 3.8) is 0 Å². The second-order valence-corrected chi connectivity index (χ2v) is 16.0. The largest absolute Gasteiger partial charge is 0.454 e. The molecule has 0 amide bonds. The summed E-state index contributed by atoms with van der Waals surface area (Å²) in [6, 6.07) is 76.8. The number of fused-ring (bicyclic) bond motifs is 6. The minimum Gasteiger partial charge on any atom is -0.454 e. The first-order chi connectivity index (χ1) is 29.1. The molecule has 10 aromatic rings. The Hall–Kier alpha value is -7.42. The number of anilines is 3. The molecule has 9 aromatic carbocycles. The van der Waals surface area contributed by atoms with Gasteiger partial charge in [0.05, 0.1) is 17.1 Å². The van der Waals surface area contributed by atoms with Gasteiger partial charge in [-0.05, 0) is 79.9 Å². The molecule has 0 aliphatic heterocycles. The molecule has 0 atom stereocenters. The summed E-state index contributed by atoms with van der Waals surface area (Å²) in [4.78, 5) is 2.47. The van der Waals surface area contributed by atoms with E-state index < -0.39 is 0 Å². The Morgan fingerprint density at radius 3 is 1.64 bits per heavy atom. The van der Waals surface area contributed by atoms with E-state index >= 15 is 0 Å². The zero-order valence-electron chi connectivity index (χ0n) is 33.1. The molecular weight excluding hydrogens is 715 g/mol. The smallest absolute Gasteiger partial charge is 0.159 e. The molecular formula is C57H41NO. The first kappa shape index (κ1) is 34.8. The third kappa shape index (κ3) is 5.56. The maximum absolute atomic E-state index is 6.91. The lowest BCUT2D eigenvalue weighted by Crippen LogP contribution is -2.15. The fourth-order valence-corrected chi connectivity index (χ4v) is 9.61. The van der Waals surface area contributed by atoms with Crippen LogP contribution in [0.15, 0.2) is 217 Å². The molecule has 2 heteroatoms. The zero-order valence-corrected chi connectivity index (χ0v) is 33.1. The second kappa shape index (κ2) is 13.9. The van der Waals surface area contributed by atoms with Crippen molar-refractivity contribution in [1.82, 2.24) is 0 Å². The monoisotopic (exact) mass is 755 g/mol. The second-order valence-electron chi connectivity index (χ2n) is 16.0. The van der Waals surface area contributed by atoms with Crippen LogP contribution in [0.4, 0.5) is 17.1 Å². The number of hydrogen-bond donors (Lipinski definition) is 0. The molecule has 0 saturated heterocycles. The Kier molecular flexibility index (Phi) is 8.20. The quantitative estimate of drug-likeness (QED) is 0.161. The van der Waals surface area contributed by atoms with Gasteiger partial charge < -0.3 is 9.32 Å². The molecule has 0 bridgehead atoms. The van der Waals surface area contributed by atoms with Crippen molar-refractivity contribution < 1.29 is 4.42 Å². The molecule has 1 aromatic heterocycles. The highest BCUT2D eigenvalue weighted by molar-refractivity contribution is 6.12. The van der Waals surface area contributed by atoms with Crippen LogP contribution in [0.5, 0.6) is 0 Å². The molecule has 0 radical (unpaired) electrons. The van der Waals surface area contributed by atoms with Crippen molar-refractivity contribution in [2.75, 3.05) is 4.90 Å². The van der Waals surface area contributed by atoms with Crippen molar-refractivity contribution in [2.24, 2.45) is 0 Å². The maximum atomic E-state index is 6.91. The summed E-state index contributed by atoms with van der Waals surface area (Å²) < 4.78 is 6.91. The molecule has 0 unspecified atom stereocenters. The van der Waals surface area contributed by atoms with Crippen LogP contribution in [0.3, 0.4) is 0 Å². The number of furan rings is 1. The van der Waals surface area contributed by atoms with Gasteiger partial charge in [0, 0.05) is 27.3 Å². The SMILES string of the molecule is CC1(C)c2ccccc2-c2c(-c3ccccc3N(c3cccc(-c4ccccc4)c3-c3ccccc3-c3ccccc3)c3cccc4c3oc3ccccc34)cccc21. The van der Waals surface area contributed by atoms with Crippen LogP contribution in [0.1, 0.15) is 25.0 Å². The topological polar surface area (TPSA) is 16.4 Å². The van der Waals surface area contributed by atoms with E-state index in [1.807, 2.05) is 0 Å². The molecule has 11 rings (SSSR count). The van der Waals surface area contributed by atoms with Crippen LogP contribution in [0.25, 0.3) is 77.6 Å². The van der Waals surface area contributed by atoms with Gasteiger partial charge in [0.15, 0.2) is 5.58 Å². The van der Waals surface area contributed by atoms with Crippen LogP contribution in [0.2, 0.25) is 0 Å². The van der Waals surface area contributed by atoms with Crippen LogP contribution >= 0.6 is 0 Å². The van der Waals surface area contributed by atoms with Gasteiger partial charge in [0.1, 0.15) is 5.58 Å². The summed E-state index contributed by atoms with van der Waals surface area (Å²) >= 11 is 0.